The minimum atomic E-state index is -3.58. The van der Waals surface area contributed by atoms with Gasteiger partial charge >= 0.3 is 0 Å². The smallest absolute Gasteiger partial charge is 0.278 e. The minimum absolute atomic E-state index is 0. The Kier molecular flexibility index (Phi) is 7.54. The molecule has 0 aliphatic rings. The molecule has 0 atom stereocenters. The van der Waals surface area contributed by atoms with E-state index in [0.29, 0.717) is 17.6 Å². The van der Waals surface area contributed by atoms with E-state index in [4.69, 9.17) is 0 Å². The van der Waals surface area contributed by atoms with E-state index in [1.165, 1.54) is 6.92 Å². The number of hydrogen-bond donors (Lipinski definition) is 0. The normalized spacial score (nSPS) is 10.6. The van der Waals surface area contributed by atoms with Crippen LogP contribution >= 0.6 is 12.0 Å². The molecule has 83 valence electrons. The van der Waals surface area contributed by atoms with Gasteiger partial charge in [0.1, 0.15) is 0 Å². The number of carbonyl (C=O) groups excluding carboxylic acids is 1. The van der Waals surface area contributed by atoms with Crippen LogP contribution in [0.3, 0.4) is 0 Å². The van der Waals surface area contributed by atoms with Crippen LogP contribution in [0.25, 0.3) is 0 Å². The van der Waals surface area contributed by atoms with E-state index >= 15 is 0 Å². The molecule has 0 N–H and O–H groups in total. The van der Waals surface area contributed by atoms with E-state index in [2.05, 4.69) is 3.63 Å². The van der Waals surface area contributed by atoms with Crippen molar-refractivity contribution in [3.8, 4) is 0 Å². The van der Waals surface area contributed by atoms with Crippen LogP contribution in [0.2, 0.25) is 0 Å². The summed E-state index contributed by atoms with van der Waals surface area (Å²) in [6.07, 6.45) is 0. The molecule has 0 bridgehead atoms. The van der Waals surface area contributed by atoms with Crippen molar-refractivity contribution in [1.29, 1.82) is 0 Å². The van der Waals surface area contributed by atoms with Crippen molar-refractivity contribution in [2.75, 3.05) is 5.75 Å². The van der Waals surface area contributed by atoms with Gasteiger partial charge in [0.2, 0.25) is 5.12 Å². The minimum Gasteiger partial charge on any atom is -0.279 e. The van der Waals surface area contributed by atoms with Crippen molar-refractivity contribution in [3.05, 3.63) is 35.9 Å². The average Bonchev–Trinajstić information content (AvgIpc) is 2.27. The van der Waals surface area contributed by atoms with Gasteiger partial charge in [-0.1, -0.05) is 30.3 Å². The zero-order chi connectivity index (χ0) is 11.3. The first-order chi connectivity index (χ1) is 7.05. The summed E-state index contributed by atoms with van der Waals surface area (Å²) in [6, 6.07) is 8.35. The van der Waals surface area contributed by atoms with Crippen molar-refractivity contribution < 1.29 is 16.8 Å². The predicted molar refractivity (Wildman–Crippen MR) is 64.7 cm³/mol. The van der Waals surface area contributed by atoms with Crippen LogP contribution < -0.4 is 0 Å². The molecule has 0 amide bonds. The third kappa shape index (κ3) is 5.47. The first-order valence-electron chi connectivity index (χ1n) is 4.23. The van der Waals surface area contributed by atoms with Crippen LogP contribution in [-0.2, 0) is 13.7 Å². The van der Waals surface area contributed by atoms with E-state index in [9.17, 15) is 13.2 Å². The van der Waals surface area contributed by atoms with Crippen molar-refractivity contribution >= 4 is 56.8 Å². The maximum Gasteiger partial charge on any atom is 0.278 e. The van der Waals surface area contributed by atoms with Gasteiger partial charge in [0.15, 0.2) is 0 Å². The second-order valence-electron chi connectivity index (χ2n) is 2.65. The molecule has 0 aliphatic carbocycles. The molecule has 0 saturated heterocycles. The molecule has 0 aliphatic heterocycles. The monoisotopic (exact) mass is 269 g/mol. The van der Waals surface area contributed by atoms with Crippen molar-refractivity contribution in [2.45, 2.75) is 6.92 Å². The van der Waals surface area contributed by atoms with Gasteiger partial charge in [0.05, 0.1) is 17.8 Å². The molecule has 16 heavy (non-hydrogen) atoms. The molecule has 1 rings (SSSR count). The van der Waals surface area contributed by atoms with Gasteiger partial charge in [-0.2, -0.15) is 12.0 Å². The van der Waals surface area contributed by atoms with Gasteiger partial charge in [-0.15, -0.1) is 0 Å². The Morgan fingerprint density at radius 1 is 1.31 bits per heavy atom. The molecule has 1 radical (unpaired) electrons. The second-order valence-corrected chi connectivity index (χ2v) is 5.43. The van der Waals surface area contributed by atoms with Gasteiger partial charge in [0, 0.05) is 35.1 Å². The summed E-state index contributed by atoms with van der Waals surface area (Å²) in [5, 5.41) is -0.423. The van der Waals surface area contributed by atoms with E-state index in [1.54, 1.807) is 30.3 Å². The molecule has 7 heteroatoms. The maximum absolute atomic E-state index is 11.4. The number of carbonyl (C=O) groups is 1. The Hall–Kier alpha value is 0.150. The third-order valence-corrected chi connectivity index (χ3v) is 3.77. The fraction of sp³-hybridized carbons (Fsp3) is 0.222. The molecule has 1 aromatic carbocycles. The van der Waals surface area contributed by atoms with Crippen LogP contribution in [0.1, 0.15) is 17.3 Å². The van der Waals surface area contributed by atoms with Crippen LogP contribution in [0.4, 0.5) is 0 Å². The average molecular weight is 269 g/mol. The zero-order valence-corrected chi connectivity index (χ0v) is 12.7. The molecule has 4 nitrogen and oxygen atoms in total. The van der Waals surface area contributed by atoms with Crippen LogP contribution in [-0.4, -0.2) is 48.8 Å². The van der Waals surface area contributed by atoms with Crippen molar-refractivity contribution in [2.24, 2.45) is 0 Å². The van der Waals surface area contributed by atoms with Gasteiger partial charge in [-0.25, -0.2) is 0 Å². The van der Waals surface area contributed by atoms with E-state index in [1.807, 2.05) is 0 Å². The third-order valence-electron chi connectivity index (χ3n) is 1.58. The Morgan fingerprint density at radius 3 is 2.38 bits per heavy atom. The fourth-order valence-electron chi connectivity index (χ4n) is 0.753. The summed E-state index contributed by atoms with van der Waals surface area (Å²) in [5.74, 6) is -0.151. The Balaban J connectivity index is 0.00000225. The Morgan fingerprint density at radius 2 is 1.88 bits per heavy atom. The largest absolute Gasteiger partial charge is 0.279 e. The molecule has 0 fully saturated rings. The second kappa shape index (κ2) is 7.47. The maximum atomic E-state index is 11.4. The van der Waals surface area contributed by atoms with Crippen LogP contribution in [0.5, 0.6) is 0 Å². The molecule has 0 aromatic heterocycles. The van der Waals surface area contributed by atoms with Crippen LogP contribution in [0, 0.1) is 0 Å². The molecule has 1 aromatic rings. The SMILES string of the molecule is CCS(=O)(=O)OSC(=O)c1ccccc1.[Na]. The topological polar surface area (TPSA) is 60.4 Å². The Labute approximate surface area is 121 Å². The van der Waals surface area contributed by atoms with Crippen LogP contribution in [0.15, 0.2) is 30.3 Å². The van der Waals surface area contributed by atoms with Crippen molar-refractivity contribution in [3.63, 3.8) is 0 Å². The first kappa shape index (κ1) is 16.1. The first-order valence-corrected chi connectivity index (χ1v) is 6.55. The number of rotatable bonds is 4. The molecule has 0 spiro atoms. The number of hydrogen-bond acceptors (Lipinski definition) is 5. The van der Waals surface area contributed by atoms with E-state index in [0.717, 1.165) is 0 Å². The molecular weight excluding hydrogens is 259 g/mol. The van der Waals surface area contributed by atoms with Gasteiger partial charge in [-0.3, -0.25) is 4.79 Å². The number of benzene rings is 1. The summed E-state index contributed by atoms with van der Waals surface area (Å²) < 4.78 is 26.3. The fourth-order valence-corrected chi connectivity index (χ4v) is 2.03. The van der Waals surface area contributed by atoms with Gasteiger partial charge < -0.3 is 0 Å². The molecule has 0 saturated carbocycles. The Bertz CT molecular complexity index is 430. The van der Waals surface area contributed by atoms with Crippen molar-refractivity contribution in [1.82, 2.24) is 0 Å². The predicted octanol–water partition coefficient (Wildman–Crippen LogP) is 1.46. The molecule has 0 heterocycles. The van der Waals surface area contributed by atoms with Gasteiger partial charge in [-0.05, 0) is 6.92 Å². The van der Waals surface area contributed by atoms with Gasteiger partial charge in [0.25, 0.3) is 10.1 Å². The summed E-state index contributed by atoms with van der Waals surface area (Å²) in [6.45, 7) is 1.45. The summed E-state index contributed by atoms with van der Waals surface area (Å²) >= 11 is 0.334. The van der Waals surface area contributed by atoms with E-state index < -0.39 is 15.2 Å². The molecular formula is C9H10NaO4S2. The molecule has 0 unspecified atom stereocenters. The summed E-state index contributed by atoms with van der Waals surface area (Å²) in [5.41, 5.74) is 0.411. The standard InChI is InChI=1S/C9H10O4S2.Na/c1-2-15(11,12)13-14-9(10)8-6-4-3-5-7-8;/h3-7H,2H2,1H3;. The summed E-state index contributed by atoms with van der Waals surface area (Å²) in [4.78, 5) is 11.4. The quantitative estimate of drug-likeness (QED) is 0.611. The zero-order valence-electron chi connectivity index (χ0n) is 9.04. The van der Waals surface area contributed by atoms with E-state index in [-0.39, 0.29) is 35.3 Å². The summed E-state index contributed by atoms with van der Waals surface area (Å²) in [7, 11) is -3.58.